The molecular weight excluding hydrogens is 553 g/mol. The van der Waals surface area contributed by atoms with E-state index in [0.717, 1.165) is 17.8 Å². The van der Waals surface area contributed by atoms with Crippen LogP contribution in [0.25, 0.3) is 16.7 Å². The smallest absolute Gasteiger partial charge is 0.243 e. The molecule has 4 aromatic rings. The third-order valence-electron chi connectivity index (χ3n) is 5.91. The van der Waals surface area contributed by atoms with Crippen LogP contribution < -0.4 is 10.1 Å². The first-order chi connectivity index (χ1) is 18.6. The summed E-state index contributed by atoms with van der Waals surface area (Å²) in [7, 11) is -2.25. The minimum atomic E-state index is -3.75. The van der Waals surface area contributed by atoms with E-state index in [2.05, 4.69) is 10.3 Å². The first-order valence-corrected chi connectivity index (χ1v) is 14.3. The summed E-state index contributed by atoms with van der Waals surface area (Å²) in [5.74, 6) is -5.00. The van der Waals surface area contributed by atoms with Crippen molar-refractivity contribution in [2.45, 2.75) is 23.9 Å². The van der Waals surface area contributed by atoms with Crippen molar-refractivity contribution in [3.63, 3.8) is 0 Å². The van der Waals surface area contributed by atoms with Gasteiger partial charge in [0.05, 0.1) is 40.2 Å². The van der Waals surface area contributed by atoms with Gasteiger partial charge < -0.3 is 10.1 Å². The van der Waals surface area contributed by atoms with Crippen LogP contribution in [0.1, 0.15) is 13.8 Å². The summed E-state index contributed by atoms with van der Waals surface area (Å²) in [5.41, 5.74) is 1.02. The van der Waals surface area contributed by atoms with E-state index in [-0.39, 0.29) is 10.6 Å². The third-order valence-corrected chi connectivity index (χ3v) is 8.89. The van der Waals surface area contributed by atoms with Gasteiger partial charge in [-0.15, -0.1) is 0 Å². The maximum absolute atomic E-state index is 14.0. The Morgan fingerprint density at radius 3 is 2.46 bits per heavy atom. The van der Waals surface area contributed by atoms with Crippen LogP contribution in [0.2, 0.25) is 0 Å². The largest absolute Gasteiger partial charge is 0.495 e. The number of anilines is 1. The molecular formula is C26H25F3N4O4S2. The highest BCUT2D eigenvalue weighted by molar-refractivity contribution is 7.99. The zero-order valence-corrected chi connectivity index (χ0v) is 22.9. The number of ether oxygens (including phenoxy) is 1. The number of thioether (sulfide) groups is 1. The lowest BCUT2D eigenvalue weighted by atomic mass is 10.2. The van der Waals surface area contributed by atoms with Gasteiger partial charge in [0.15, 0.2) is 22.6 Å². The van der Waals surface area contributed by atoms with Crippen LogP contribution in [0.3, 0.4) is 0 Å². The minimum absolute atomic E-state index is 0.0754. The Labute approximate surface area is 227 Å². The summed E-state index contributed by atoms with van der Waals surface area (Å²) in [5, 5.41) is 2.56. The maximum atomic E-state index is 14.0. The van der Waals surface area contributed by atoms with E-state index < -0.39 is 39.1 Å². The Balaban J connectivity index is 1.73. The number of aromatic nitrogens is 2. The zero-order chi connectivity index (χ0) is 28.3. The molecule has 0 aliphatic rings. The van der Waals surface area contributed by atoms with Crippen LogP contribution in [-0.4, -0.2) is 54.1 Å². The second kappa shape index (κ2) is 11.7. The van der Waals surface area contributed by atoms with E-state index in [0.29, 0.717) is 46.8 Å². The predicted molar refractivity (Wildman–Crippen MR) is 143 cm³/mol. The van der Waals surface area contributed by atoms with Gasteiger partial charge in [0.2, 0.25) is 15.9 Å². The van der Waals surface area contributed by atoms with Gasteiger partial charge >= 0.3 is 0 Å². The lowest BCUT2D eigenvalue weighted by molar-refractivity contribution is -0.113. The summed E-state index contributed by atoms with van der Waals surface area (Å²) in [6, 6.07) is 13.3. The summed E-state index contributed by atoms with van der Waals surface area (Å²) >= 11 is 0.990. The van der Waals surface area contributed by atoms with Gasteiger partial charge in [0.25, 0.3) is 0 Å². The highest BCUT2D eigenvalue weighted by Crippen LogP contribution is 2.34. The van der Waals surface area contributed by atoms with Gasteiger partial charge in [0, 0.05) is 13.1 Å². The number of methoxy groups -OCH3 is 1. The van der Waals surface area contributed by atoms with Crippen LogP contribution in [-0.2, 0) is 14.8 Å². The molecule has 13 heteroatoms. The number of nitrogens with zero attached hydrogens (tertiary/aromatic N) is 3. The van der Waals surface area contributed by atoms with Gasteiger partial charge in [-0.05, 0) is 42.5 Å². The number of fused-ring (bicyclic) bond motifs is 1. The molecule has 0 saturated heterocycles. The Morgan fingerprint density at radius 1 is 1.05 bits per heavy atom. The van der Waals surface area contributed by atoms with Gasteiger partial charge in [-0.3, -0.25) is 9.36 Å². The Morgan fingerprint density at radius 2 is 1.77 bits per heavy atom. The molecule has 0 spiro atoms. The number of amides is 1. The molecule has 0 bridgehead atoms. The molecule has 1 heterocycles. The van der Waals surface area contributed by atoms with Crippen molar-refractivity contribution in [2.75, 3.05) is 31.3 Å². The van der Waals surface area contributed by atoms with Crippen molar-refractivity contribution in [1.29, 1.82) is 0 Å². The SMILES string of the molecule is CCN(CC)S(=O)(=O)c1ccc2c(c1)nc(SCC(=O)Nc1ccc(F)c(F)c1F)n2-c1ccccc1OC. The van der Waals surface area contributed by atoms with Gasteiger partial charge in [0.1, 0.15) is 5.75 Å². The van der Waals surface area contributed by atoms with E-state index in [9.17, 15) is 26.4 Å². The average molecular weight is 579 g/mol. The van der Waals surface area contributed by atoms with Crippen molar-refractivity contribution < 1.29 is 31.1 Å². The minimum Gasteiger partial charge on any atom is -0.495 e. The van der Waals surface area contributed by atoms with Crippen LogP contribution in [0.15, 0.2) is 64.6 Å². The monoisotopic (exact) mass is 578 g/mol. The van der Waals surface area contributed by atoms with Crippen molar-refractivity contribution in [1.82, 2.24) is 13.9 Å². The molecule has 39 heavy (non-hydrogen) atoms. The number of benzene rings is 3. The zero-order valence-electron chi connectivity index (χ0n) is 21.2. The molecule has 8 nitrogen and oxygen atoms in total. The number of imidazole rings is 1. The summed E-state index contributed by atoms with van der Waals surface area (Å²) in [6.07, 6.45) is 0. The number of halogens is 3. The second-order valence-electron chi connectivity index (χ2n) is 8.20. The second-order valence-corrected chi connectivity index (χ2v) is 11.1. The lowest BCUT2D eigenvalue weighted by Crippen LogP contribution is -2.30. The molecule has 1 aromatic heterocycles. The Kier molecular flexibility index (Phi) is 8.52. The Bertz CT molecular complexity index is 1640. The quantitative estimate of drug-likeness (QED) is 0.205. The first kappa shape index (κ1) is 28.5. The predicted octanol–water partition coefficient (Wildman–Crippen LogP) is 5.21. The standard InChI is InChI=1S/C26H25F3N4O4S2/c1-4-32(5-2)39(35,36)16-10-13-20-19(14-16)31-26(33(20)21-8-6-7-9-22(21)37-3)38-15-23(34)30-18-12-11-17(27)24(28)25(18)29/h6-14H,4-5,15H2,1-3H3,(H,30,34). The number of sulfonamides is 1. The molecule has 0 aliphatic heterocycles. The van der Waals surface area contributed by atoms with E-state index in [1.54, 1.807) is 48.7 Å². The highest BCUT2D eigenvalue weighted by Gasteiger charge is 2.24. The van der Waals surface area contributed by atoms with Gasteiger partial charge in [-0.2, -0.15) is 4.31 Å². The molecule has 1 N–H and O–H groups in total. The van der Waals surface area contributed by atoms with Gasteiger partial charge in [-0.25, -0.2) is 26.6 Å². The fourth-order valence-electron chi connectivity index (χ4n) is 3.99. The van der Waals surface area contributed by atoms with E-state index in [4.69, 9.17) is 4.74 Å². The van der Waals surface area contributed by atoms with E-state index in [1.165, 1.54) is 23.5 Å². The average Bonchev–Trinajstić information content (AvgIpc) is 3.30. The van der Waals surface area contributed by atoms with Crippen LogP contribution in [0.5, 0.6) is 5.75 Å². The molecule has 206 valence electrons. The summed E-state index contributed by atoms with van der Waals surface area (Å²) in [6.45, 7) is 4.12. The Hall–Kier alpha value is -3.55. The van der Waals surface area contributed by atoms with E-state index >= 15 is 0 Å². The van der Waals surface area contributed by atoms with Gasteiger partial charge in [-0.1, -0.05) is 37.7 Å². The molecule has 1 amide bonds. The normalized spacial score (nSPS) is 11.8. The molecule has 0 saturated carbocycles. The number of para-hydroxylation sites is 2. The van der Waals surface area contributed by atoms with E-state index in [1.807, 2.05) is 0 Å². The molecule has 3 aromatic carbocycles. The van der Waals surface area contributed by atoms with Crippen LogP contribution in [0.4, 0.5) is 18.9 Å². The highest BCUT2D eigenvalue weighted by atomic mass is 32.2. The molecule has 0 aliphatic carbocycles. The number of carbonyl (C=O) groups is 1. The lowest BCUT2D eigenvalue weighted by Gasteiger charge is -2.18. The fourth-order valence-corrected chi connectivity index (χ4v) is 6.29. The number of nitrogens with one attached hydrogen (secondary N) is 1. The molecule has 4 rings (SSSR count). The van der Waals surface area contributed by atoms with Crippen LogP contribution in [0, 0.1) is 17.5 Å². The number of rotatable bonds is 10. The van der Waals surface area contributed by atoms with Crippen molar-refractivity contribution >= 4 is 44.4 Å². The number of hydrogen-bond donors (Lipinski definition) is 1. The summed E-state index contributed by atoms with van der Waals surface area (Å²) in [4.78, 5) is 17.3. The maximum Gasteiger partial charge on any atom is 0.243 e. The molecule has 0 atom stereocenters. The number of hydrogen-bond acceptors (Lipinski definition) is 6. The van der Waals surface area contributed by atoms with Crippen molar-refractivity contribution in [3.05, 3.63) is 72.0 Å². The summed E-state index contributed by atoms with van der Waals surface area (Å²) < 4.78 is 75.5. The third kappa shape index (κ3) is 5.60. The topological polar surface area (TPSA) is 93.5 Å². The number of carbonyl (C=O) groups excluding carboxylic acids is 1. The first-order valence-electron chi connectivity index (χ1n) is 11.8. The molecule has 0 unspecified atom stereocenters. The fraction of sp³-hybridized carbons (Fsp3) is 0.231. The van der Waals surface area contributed by atoms with Crippen LogP contribution >= 0.6 is 11.8 Å². The van der Waals surface area contributed by atoms with Crippen molar-refractivity contribution in [3.8, 4) is 11.4 Å². The molecule has 0 radical (unpaired) electrons. The molecule has 0 fully saturated rings. The van der Waals surface area contributed by atoms with Crippen molar-refractivity contribution in [2.24, 2.45) is 0 Å².